The summed E-state index contributed by atoms with van der Waals surface area (Å²) >= 11 is 0. The van der Waals surface area contributed by atoms with E-state index in [1.165, 1.54) is 6.92 Å². The Morgan fingerprint density at radius 1 is 1.50 bits per heavy atom. The first-order valence-electron chi connectivity index (χ1n) is 3.64. The van der Waals surface area contributed by atoms with Crippen molar-refractivity contribution in [3.63, 3.8) is 0 Å². The highest BCUT2D eigenvalue weighted by Crippen LogP contribution is 1.85. The highest BCUT2D eigenvalue weighted by Gasteiger charge is 2.02. The SMILES string of the molecule is CCCC(=O)NN=C(C)C(=O)O. The molecule has 0 aliphatic carbocycles. The number of carboxylic acid groups (broad SMARTS) is 1. The molecule has 5 heteroatoms. The van der Waals surface area contributed by atoms with Crippen LogP contribution < -0.4 is 5.43 Å². The van der Waals surface area contributed by atoms with Crippen molar-refractivity contribution in [3.05, 3.63) is 0 Å². The molecule has 0 radical (unpaired) electrons. The van der Waals surface area contributed by atoms with E-state index in [0.717, 1.165) is 0 Å². The lowest BCUT2D eigenvalue weighted by Gasteiger charge is -1.96. The van der Waals surface area contributed by atoms with Gasteiger partial charge in [-0.1, -0.05) is 6.92 Å². The number of hydrogen-bond donors (Lipinski definition) is 2. The van der Waals surface area contributed by atoms with Gasteiger partial charge in [-0.15, -0.1) is 0 Å². The molecule has 0 aliphatic rings. The Balaban J connectivity index is 3.87. The van der Waals surface area contributed by atoms with E-state index in [9.17, 15) is 9.59 Å². The van der Waals surface area contributed by atoms with Crippen LogP contribution in [0.2, 0.25) is 0 Å². The Bertz CT molecular complexity index is 211. The third-order valence-electron chi connectivity index (χ3n) is 1.13. The number of nitrogens with one attached hydrogen (secondary N) is 1. The van der Waals surface area contributed by atoms with E-state index in [0.29, 0.717) is 12.8 Å². The minimum Gasteiger partial charge on any atom is -0.477 e. The Kier molecular flexibility index (Phi) is 4.67. The number of hydrogen-bond acceptors (Lipinski definition) is 3. The number of carbonyl (C=O) groups excluding carboxylic acids is 1. The summed E-state index contributed by atoms with van der Waals surface area (Å²) < 4.78 is 0. The molecular formula is C7H12N2O3. The summed E-state index contributed by atoms with van der Waals surface area (Å²) in [7, 11) is 0. The van der Waals surface area contributed by atoms with Crippen molar-refractivity contribution in [1.82, 2.24) is 5.43 Å². The zero-order chi connectivity index (χ0) is 9.56. The predicted molar refractivity (Wildman–Crippen MR) is 43.8 cm³/mol. The maximum absolute atomic E-state index is 10.8. The predicted octanol–water partition coefficient (Wildman–Crippen LogP) is 0.363. The third-order valence-corrected chi connectivity index (χ3v) is 1.13. The molecule has 0 saturated carbocycles. The van der Waals surface area contributed by atoms with Gasteiger partial charge in [0.15, 0.2) is 0 Å². The molecule has 0 atom stereocenters. The van der Waals surface area contributed by atoms with Crippen LogP contribution in [0, 0.1) is 0 Å². The molecule has 2 N–H and O–H groups in total. The van der Waals surface area contributed by atoms with Crippen molar-refractivity contribution in [2.75, 3.05) is 0 Å². The summed E-state index contributed by atoms with van der Waals surface area (Å²) in [6, 6.07) is 0. The summed E-state index contributed by atoms with van der Waals surface area (Å²) in [6.07, 6.45) is 1.07. The molecule has 0 rings (SSSR count). The molecule has 0 aromatic carbocycles. The number of rotatable bonds is 4. The van der Waals surface area contributed by atoms with Crippen molar-refractivity contribution in [1.29, 1.82) is 0 Å². The average Bonchev–Trinajstić information content (AvgIpc) is 2.00. The van der Waals surface area contributed by atoms with Gasteiger partial charge < -0.3 is 5.11 Å². The Morgan fingerprint density at radius 2 is 2.08 bits per heavy atom. The number of nitrogens with zero attached hydrogens (tertiary/aromatic N) is 1. The fraction of sp³-hybridized carbons (Fsp3) is 0.571. The molecule has 0 aliphatic heterocycles. The second-order valence-corrected chi connectivity index (χ2v) is 2.29. The number of hydrazone groups is 1. The first kappa shape index (κ1) is 10.6. The van der Waals surface area contributed by atoms with Crippen molar-refractivity contribution >= 4 is 17.6 Å². The summed E-state index contributed by atoms with van der Waals surface area (Å²) in [5, 5.41) is 11.7. The molecule has 0 unspecified atom stereocenters. The van der Waals surface area contributed by atoms with E-state index in [4.69, 9.17) is 5.11 Å². The molecule has 0 spiro atoms. The van der Waals surface area contributed by atoms with E-state index >= 15 is 0 Å². The summed E-state index contributed by atoms with van der Waals surface area (Å²) in [6.45, 7) is 3.17. The molecule has 0 bridgehead atoms. The first-order valence-corrected chi connectivity index (χ1v) is 3.64. The van der Waals surface area contributed by atoms with E-state index in [-0.39, 0.29) is 11.6 Å². The lowest BCUT2D eigenvalue weighted by atomic mass is 10.3. The lowest BCUT2D eigenvalue weighted by Crippen LogP contribution is -2.21. The fourth-order valence-corrected chi connectivity index (χ4v) is 0.477. The zero-order valence-corrected chi connectivity index (χ0v) is 7.13. The smallest absolute Gasteiger partial charge is 0.351 e. The largest absolute Gasteiger partial charge is 0.477 e. The van der Waals surface area contributed by atoms with Crippen molar-refractivity contribution in [3.8, 4) is 0 Å². The summed E-state index contributed by atoms with van der Waals surface area (Å²) in [5.41, 5.74) is 2.01. The van der Waals surface area contributed by atoms with Crippen LogP contribution in [0.4, 0.5) is 0 Å². The van der Waals surface area contributed by atoms with Gasteiger partial charge in [-0.3, -0.25) is 4.79 Å². The first-order chi connectivity index (χ1) is 5.57. The fourth-order valence-electron chi connectivity index (χ4n) is 0.477. The van der Waals surface area contributed by atoms with Crippen LogP contribution in [0.1, 0.15) is 26.7 Å². The molecule has 0 heterocycles. The topological polar surface area (TPSA) is 78.8 Å². The number of aliphatic carboxylic acids is 1. The maximum Gasteiger partial charge on any atom is 0.351 e. The number of carbonyl (C=O) groups is 2. The standard InChI is InChI=1S/C7H12N2O3/c1-3-4-6(10)9-8-5(2)7(11)12/h3-4H2,1-2H3,(H,9,10)(H,11,12). The molecule has 0 saturated heterocycles. The van der Waals surface area contributed by atoms with Gasteiger partial charge in [0.1, 0.15) is 5.71 Å². The molecule has 0 aromatic rings. The van der Waals surface area contributed by atoms with Gasteiger partial charge >= 0.3 is 5.97 Å². The van der Waals surface area contributed by atoms with Crippen LogP contribution in [-0.2, 0) is 9.59 Å². The Hall–Kier alpha value is -1.39. The minimum atomic E-state index is -1.13. The molecule has 0 aromatic heterocycles. The lowest BCUT2D eigenvalue weighted by molar-refractivity contribution is -0.129. The van der Waals surface area contributed by atoms with Crippen LogP contribution in [0.3, 0.4) is 0 Å². The van der Waals surface area contributed by atoms with Crippen LogP contribution >= 0.6 is 0 Å². The maximum atomic E-state index is 10.8. The van der Waals surface area contributed by atoms with E-state index < -0.39 is 5.97 Å². The second-order valence-electron chi connectivity index (χ2n) is 2.29. The van der Waals surface area contributed by atoms with Crippen LogP contribution in [0.5, 0.6) is 0 Å². The molecule has 5 nitrogen and oxygen atoms in total. The van der Waals surface area contributed by atoms with Crippen molar-refractivity contribution in [2.45, 2.75) is 26.7 Å². The van der Waals surface area contributed by atoms with Gasteiger partial charge in [0.2, 0.25) is 5.91 Å². The highest BCUT2D eigenvalue weighted by molar-refractivity contribution is 6.34. The normalized spacial score (nSPS) is 11.0. The quantitative estimate of drug-likeness (QED) is 0.474. The van der Waals surface area contributed by atoms with Gasteiger partial charge in [0, 0.05) is 6.42 Å². The zero-order valence-electron chi connectivity index (χ0n) is 7.13. The van der Waals surface area contributed by atoms with Gasteiger partial charge in [-0.25, -0.2) is 10.2 Å². The molecule has 12 heavy (non-hydrogen) atoms. The molecular weight excluding hydrogens is 160 g/mol. The van der Waals surface area contributed by atoms with Crippen molar-refractivity contribution in [2.24, 2.45) is 5.10 Å². The molecule has 1 amide bonds. The van der Waals surface area contributed by atoms with Gasteiger partial charge in [-0.05, 0) is 13.3 Å². The number of carboxylic acids is 1. The Labute approximate surface area is 70.5 Å². The van der Waals surface area contributed by atoms with Gasteiger partial charge in [-0.2, -0.15) is 5.10 Å². The summed E-state index contributed by atoms with van der Waals surface area (Å²) in [5.74, 6) is -1.40. The van der Waals surface area contributed by atoms with E-state index in [2.05, 4.69) is 10.5 Å². The molecule has 68 valence electrons. The monoisotopic (exact) mass is 172 g/mol. The van der Waals surface area contributed by atoms with E-state index in [1.807, 2.05) is 6.92 Å². The van der Waals surface area contributed by atoms with Gasteiger partial charge in [0.05, 0.1) is 0 Å². The molecule has 0 fully saturated rings. The average molecular weight is 172 g/mol. The second kappa shape index (κ2) is 5.29. The van der Waals surface area contributed by atoms with E-state index in [1.54, 1.807) is 0 Å². The van der Waals surface area contributed by atoms with Crippen molar-refractivity contribution < 1.29 is 14.7 Å². The van der Waals surface area contributed by atoms with Crippen LogP contribution in [-0.4, -0.2) is 22.7 Å². The highest BCUT2D eigenvalue weighted by atomic mass is 16.4. The number of amides is 1. The third kappa shape index (κ3) is 4.43. The van der Waals surface area contributed by atoms with Crippen LogP contribution in [0.15, 0.2) is 5.10 Å². The minimum absolute atomic E-state index is 0.126. The Morgan fingerprint density at radius 3 is 2.50 bits per heavy atom. The van der Waals surface area contributed by atoms with Gasteiger partial charge in [0.25, 0.3) is 0 Å². The van der Waals surface area contributed by atoms with Crippen LogP contribution in [0.25, 0.3) is 0 Å². The summed E-state index contributed by atoms with van der Waals surface area (Å²) in [4.78, 5) is 20.9.